The van der Waals surface area contributed by atoms with Gasteiger partial charge in [0.25, 0.3) is 0 Å². The van der Waals surface area contributed by atoms with Crippen LogP contribution in [0.4, 0.5) is 0 Å². The van der Waals surface area contributed by atoms with Crippen LogP contribution in [-0.4, -0.2) is 60.9 Å². The Balaban J connectivity index is 1.73. The maximum atomic E-state index is 12.7. The fraction of sp³-hybridized carbons (Fsp3) is 0.619. The van der Waals surface area contributed by atoms with Gasteiger partial charge < -0.3 is 15.0 Å². The van der Waals surface area contributed by atoms with Gasteiger partial charge in [-0.2, -0.15) is 0 Å². The summed E-state index contributed by atoms with van der Waals surface area (Å²) >= 11 is 0. The number of hydrogen-bond donors (Lipinski definition) is 1. The highest BCUT2D eigenvalue weighted by Crippen LogP contribution is 2.26. The number of nitrogens with zero attached hydrogens (tertiary/aromatic N) is 2. The van der Waals surface area contributed by atoms with E-state index >= 15 is 0 Å². The quantitative estimate of drug-likeness (QED) is 0.858. The van der Waals surface area contributed by atoms with Gasteiger partial charge in [-0.25, -0.2) is 0 Å². The second-order valence-corrected chi connectivity index (χ2v) is 7.60. The van der Waals surface area contributed by atoms with Crippen LogP contribution in [0.25, 0.3) is 0 Å². The minimum Gasteiger partial charge on any atom is -0.496 e. The van der Waals surface area contributed by atoms with E-state index in [1.54, 1.807) is 7.11 Å². The number of likely N-dealkylation sites (tertiary alicyclic amines) is 1. The lowest BCUT2D eigenvalue weighted by Crippen LogP contribution is -2.56. The minimum absolute atomic E-state index is 0.0329. The molecule has 1 aromatic rings. The van der Waals surface area contributed by atoms with Gasteiger partial charge in [0.2, 0.25) is 11.8 Å². The molecule has 2 heterocycles. The summed E-state index contributed by atoms with van der Waals surface area (Å²) in [6.45, 7) is 7.84. The molecule has 6 nitrogen and oxygen atoms in total. The van der Waals surface area contributed by atoms with Crippen LogP contribution in [0.5, 0.6) is 5.75 Å². The van der Waals surface area contributed by atoms with Crippen LogP contribution in [0.15, 0.2) is 12.1 Å². The van der Waals surface area contributed by atoms with E-state index in [0.717, 1.165) is 43.8 Å². The van der Waals surface area contributed by atoms with Crippen molar-refractivity contribution in [1.29, 1.82) is 0 Å². The van der Waals surface area contributed by atoms with Gasteiger partial charge in [-0.3, -0.25) is 14.5 Å². The molecule has 0 aromatic heterocycles. The van der Waals surface area contributed by atoms with E-state index in [4.69, 9.17) is 4.74 Å². The lowest BCUT2D eigenvalue weighted by atomic mass is 9.99. The van der Waals surface area contributed by atoms with Gasteiger partial charge in [0.1, 0.15) is 5.75 Å². The molecule has 0 spiro atoms. The standard InChI is InChI=1S/C21H31N3O3/c1-15-16(2)19(27-3)8-7-17(15)14-24-12-9-22-21(26)18(24)13-20(25)23-10-5-4-6-11-23/h7-8,18H,4-6,9-14H2,1-3H3,(H,22,26). The molecule has 2 fully saturated rings. The van der Waals surface area contributed by atoms with Crippen molar-refractivity contribution in [2.75, 3.05) is 33.3 Å². The van der Waals surface area contributed by atoms with E-state index in [-0.39, 0.29) is 18.2 Å². The van der Waals surface area contributed by atoms with E-state index in [9.17, 15) is 9.59 Å². The van der Waals surface area contributed by atoms with Crippen LogP contribution < -0.4 is 10.1 Å². The highest BCUT2D eigenvalue weighted by atomic mass is 16.5. The lowest BCUT2D eigenvalue weighted by molar-refractivity contribution is -0.139. The van der Waals surface area contributed by atoms with Crippen molar-refractivity contribution in [2.24, 2.45) is 0 Å². The number of nitrogens with one attached hydrogen (secondary N) is 1. The first kappa shape index (κ1) is 19.7. The van der Waals surface area contributed by atoms with Crippen LogP contribution in [0.1, 0.15) is 42.4 Å². The normalized spacial score (nSPS) is 21.1. The number of carbonyl (C=O) groups is 2. The summed E-state index contributed by atoms with van der Waals surface area (Å²) < 4.78 is 5.40. The fourth-order valence-corrected chi connectivity index (χ4v) is 4.07. The topological polar surface area (TPSA) is 61.9 Å². The van der Waals surface area contributed by atoms with Gasteiger partial charge in [-0.15, -0.1) is 0 Å². The summed E-state index contributed by atoms with van der Waals surface area (Å²) in [5.41, 5.74) is 3.48. The van der Waals surface area contributed by atoms with Gasteiger partial charge in [-0.05, 0) is 55.9 Å². The molecule has 0 aliphatic carbocycles. The van der Waals surface area contributed by atoms with Gasteiger partial charge in [0.05, 0.1) is 19.6 Å². The van der Waals surface area contributed by atoms with Crippen molar-refractivity contribution in [1.82, 2.24) is 15.1 Å². The summed E-state index contributed by atoms with van der Waals surface area (Å²) in [7, 11) is 1.68. The number of ether oxygens (including phenoxy) is 1. The molecule has 1 atom stereocenters. The molecule has 2 aliphatic rings. The molecular formula is C21H31N3O3. The van der Waals surface area contributed by atoms with Crippen LogP contribution in [0.2, 0.25) is 0 Å². The summed E-state index contributed by atoms with van der Waals surface area (Å²) in [4.78, 5) is 29.3. The molecule has 0 saturated carbocycles. The van der Waals surface area contributed by atoms with Gasteiger partial charge in [0, 0.05) is 32.7 Å². The molecule has 2 aliphatic heterocycles. The van der Waals surface area contributed by atoms with Crippen molar-refractivity contribution < 1.29 is 14.3 Å². The molecule has 1 aromatic carbocycles. The number of piperidine rings is 1. The molecule has 2 saturated heterocycles. The summed E-state index contributed by atoms with van der Waals surface area (Å²) in [6, 6.07) is 3.65. The Bertz CT molecular complexity index is 698. The molecular weight excluding hydrogens is 342 g/mol. The van der Waals surface area contributed by atoms with Gasteiger partial charge in [0.15, 0.2) is 0 Å². The van der Waals surface area contributed by atoms with Crippen molar-refractivity contribution in [3.8, 4) is 5.75 Å². The van der Waals surface area contributed by atoms with Crippen LogP contribution in [0, 0.1) is 13.8 Å². The fourth-order valence-electron chi connectivity index (χ4n) is 4.07. The van der Waals surface area contributed by atoms with Crippen molar-refractivity contribution >= 4 is 11.8 Å². The van der Waals surface area contributed by atoms with Crippen molar-refractivity contribution in [3.63, 3.8) is 0 Å². The molecule has 27 heavy (non-hydrogen) atoms. The zero-order valence-corrected chi connectivity index (χ0v) is 16.7. The number of rotatable bonds is 5. The van der Waals surface area contributed by atoms with E-state index in [1.807, 2.05) is 11.0 Å². The minimum atomic E-state index is -0.394. The Morgan fingerprint density at radius 1 is 1.15 bits per heavy atom. The second-order valence-electron chi connectivity index (χ2n) is 7.60. The predicted molar refractivity (Wildman–Crippen MR) is 105 cm³/mol. The Morgan fingerprint density at radius 3 is 2.59 bits per heavy atom. The Labute approximate surface area is 161 Å². The number of hydrogen-bond acceptors (Lipinski definition) is 4. The smallest absolute Gasteiger partial charge is 0.237 e. The molecule has 6 heteroatoms. The Morgan fingerprint density at radius 2 is 1.89 bits per heavy atom. The molecule has 0 bridgehead atoms. The number of carbonyl (C=O) groups excluding carboxylic acids is 2. The monoisotopic (exact) mass is 373 g/mol. The van der Waals surface area contributed by atoms with E-state index in [2.05, 4.69) is 30.1 Å². The average Bonchev–Trinajstić information content (AvgIpc) is 2.69. The van der Waals surface area contributed by atoms with Crippen LogP contribution in [-0.2, 0) is 16.1 Å². The molecule has 2 amide bonds. The van der Waals surface area contributed by atoms with Gasteiger partial charge >= 0.3 is 0 Å². The first-order chi connectivity index (χ1) is 13.0. The Kier molecular flexibility index (Phi) is 6.37. The largest absolute Gasteiger partial charge is 0.496 e. The van der Waals surface area contributed by atoms with Crippen molar-refractivity contribution in [3.05, 3.63) is 28.8 Å². The lowest BCUT2D eigenvalue weighted by Gasteiger charge is -2.36. The van der Waals surface area contributed by atoms with E-state index in [1.165, 1.54) is 17.5 Å². The Hall–Kier alpha value is -2.08. The second kappa shape index (κ2) is 8.74. The molecule has 0 radical (unpaired) electrons. The highest BCUT2D eigenvalue weighted by Gasteiger charge is 2.33. The molecule has 1 unspecified atom stereocenters. The van der Waals surface area contributed by atoms with E-state index < -0.39 is 6.04 Å². The summed E-state index contributed by atoms with van der Waals surface area (Å²) in [6.07, 6.45) is 3.59. The van der Waals surface area contributed by atoms with Gasteiger partial charge in [-0.1, -0.05) is 6.07 Å². The first-order valence-electron chi connectivity index (χ1n) is 9.94. The predicted octanol–water partition coefficient (Wildman–Crippen LogP) is 2.02. The van der Waals surface area contributed by atoms with E-state index in [0.29, 0.717) is 13.1 Å². The molecule has 148 valence electrons. The number of benzene rings is 1. The number of piperazine rings is 1. The maximum absolute atomic E-state index is 12.7. The summed E-state index contributed by atoms with van der Waals surface area (Å²) in [5, 5.41) is 2.93. The highest BCUT2D eigenvalue weighted by molar-refractivity contribution is 5.88. The van der Waals surface area contributed by atoms with Crippen LogP contribution >= 0.6 is 0 Å². The molecule has 1 N–H and O–H groups in total. The van der Waals surface area contributed by atoms with Crippen LogP contribution in [0.3, 0.4) is 0 Å². The zero-order chi connectivity index (χ0) is 19.4. The third-order valence-corrected chi connectivity index (χ3v) is 5.96. The third-order valence-electron chi connectivity index (χ3n) is 5.96. The maximum Gasteiger partial charge on any atom is 0.237 e. The number of methoxy groups -OCH3 is 1. The zero-order valence-electron chi connectivity index (χ0n) is 16.7. The first-order valence-corrected chi connectivity index (χ1v) is 9.94. The number of amides is 2. The molecule has 3 rings (SSSR count). The summed E-state index contributed by atoms with van der Waals surface area (Å²) in [5.74, 6) is 0.948. The van der Waals surface area contributed by atoms with Crippen molar-refractivity contribution in [2.45, 2.75) is 52.1 Å². The third kappa shape index (κ3) is 4.43. The average molecular weight is 373 g/mol. The SMILES string of the molecule is COc1ccc(CN2CCNC(=O)C2CC(=O)N2CCCCC2)c(C)c1C.